The van der Waals surface area contributed by atoms with Crippen LogP contribution < -0.4 is 5.32 Å². The summed E-state index contributed by atoms with van der Waals surface area (Å²) in [6.45, 7) is 4.58. The molecule has 0 heterocycles. The number of carbonyl (C=O) groups is 2. The summed E-state index contributed by atoms with van der Waals surface area (Å²) in [5.74, 6) is -1.49. The summed E-state index contributed by atoms with van der Waals surface area (Å²) in [6.07, 6.45) is 2.18. The second-order valence-electron chi connectivity index (χ2n) is 1.85. The van der Waals surface area contributed by atoms with Gasteiger partial charge >= 0.3 is 5.97 Å². The molecule has 0 aromatic heterocycles. The molecular formula is C7H9NO3. The molecule has 0 radical (unpaired) electrons. The zero-order valence-electron chi connectivity index (χ0n) is 6.13. The molecule has 0 saturated heterocycles. The third kappa shape index (κ3) is 3.91. The lowest BCUT2D eigenvalue weighted by Crippen LogP contribution is -2.15. The summed E-state index contributed by atoms with van der Waals surface area (Å²) in [4.78, 5) is 20.6. The topological polar surface area (TPSA) is 66.4 Å². The lowest BCUT2D eigenvalue weighted by atomic mass is 10.3. The predicted molar refractivity (Wildman–Crippen MR) is 39.7 cm³/mol. The van der Waals surface area contributed by atoms with E-state index < -0.39 is 11.9 Å². The molecule has 4 nitrogen and oxygen atoms in total. The van der Waals surface area contributed by atoms with Crippen LogP contribution in [-0.2, 0) is 9.59 Å². The molecule has 0 unspecified atom stereocenters. The van der Waals surface area contributed by atoms with Gasteiger partial charge in [-0.3, -0.25) is 4.79 Å². The predicted octanol–water partition coefficient (Wildman–Crippen LogP) is 0.277. The summed E-state index contributed by atoms with van der Waals surface area (Å²) >= 11 is 0. The van der Waals surface area contributed by atoms with Gasteiger partial charge < -0.3 is 10.4 Å². The second-order valence-corrected chi connectivity index (χ2v) is 1.85. The quantitative estimate of drug-likeness (QED) is 0.575. The number of carboxylic acid groups (broad SMARTS) is 1. The highest BCUT2D eigenvalue weighted by Crippen LogP contribution is 1.87. The molecule has 0 aliphatic heterocycles. The number of hydrogen-bond donors (Lipinski definition) is 2. The maximum atomic E-state index is 10.5. The Morgan fingerprint density at radius 1 is 1.55 bits per heavy atom. The molecule has 0 atom stereocenters. The fourth-order valence-electron chi connectivity index (χ4n) is 0.300. The van der Waals surface area contributed by atoms with Crippen LogP contribution in [0.3, 0.4) is 0 Å². The van der Waals surface area contributed by atoms with Gasteiger partial charge in [0.1, 0.15) is 0 Å². The van der Waals surface area contributed by atoms with Crippen molar-refractivity contribution < 1.29 is 14.7 Å². The van der Waals surface area contributed by atoms with E-state index in [1.807, 2.05) is 0 Å². The van der Waals surface area contributed by atoms with Crippen LogP contribution in [0.2, 0.25) is 0 Å². The molecule has 0 aliphatic carbocycles. The molecule has 0 bridgehead atoms. The van der Waals surface area contributed by atoms with Crippen molar-refractivity contribution in [3.8, 4) is 0 Å². The van der Waals surface area contributed by atoms with E-state index in [9.17, 15) is 9.59 Å². The highest BCUT2D eigenvalue weighted by molar-refractivity contribution is 5.90. The summed E-state index contributed by atoms with van der Waals surface area (Å²) < 4.78 is 0. The largest absolute Gasteiger partial charge is 0.478 e. The first-order chi connectivity index (χ1) is 5.07. The van der Waals surface area contributed by atoms with Crippen molar-refractivity contribution in [1.29, 1.82) is 0 Å². The zero-order valence-corrected chi connectivity index (χ0v) is 6.13. The Balaban J connectivity index is 4.02. The molecule has 0 aromatic carbocycles. The summed E-state index contributed by atoms with van der Waals surface area (Å²) in [5.41, 5.74) is 0.0696. The van der Waals surface area contributed by atoms with Crippen molar-refractivity contribution >= 4 is 11.9 Å². The molecule has 0 aromatic rings. The van der Waals surface area contributed by atoms with E-state index in [1.54, 1.807) is 0 Å². The highest BCUT2D eigenvalue weighted by atomic mass is 16.4. The molecule has 2 N–H and O–H groups in total. The monoisotopic (exact) mass is 155 g/mol. The maximum absolute atomic E-state index is 10.5. The van der Waals surface area contributed by atoms with Gasteiger partial charge in [-0.1, -0.05) is 6.58 Å². The molecule has 0 saturated carbocycles. The smallest absolute Gasteiger partial charge is 0.332 e. The first-order valence-electron chi connectivity index (χ1n) is 2.91. The van der Waals surface area contributed by atoms with Crippen LogP contribution in [0.4, 0.5) is 0 Å². The molecule has 0 aliphatic rings. The number of rotatable bonds is 3. The van der Waals surface area contributed by atoms with Crippen LogP contribution in [0, 0.1) is 0 Å². The molecule has 60 valence electrons. The Morgan fingerprint density at radius 2 is 2.09 bits per heavy atom. The summed E-state index contributed by atoms with van der Waals surface area (Å²) in [6, 6.07) is 0. The minimum atomic E-state index is -1.06. The number of nitrogens with one attached hydrogen (secondary N) is 1. The van der Waals surface area contributed by atoms with Crippen molar-refractivity contribution in [1.82, 2.24) is 5.32 Å². The van der Waals surface area contributed by atoms with E-state index in [4.69, 9.17) is 5.11 Å². The van der Waals surface area contributed by atoms with Crippen molar-refractivity contribution in [2.45, 2.75) is 6.92 Å². The van der Waals surface area contributed by atoms with Gasteiger partial charge in [-0.25, -0.2) is 4.79 Å². The molecule has 0 fully saturated rings. The summed E-state index contributed by atoms with van der Waals surface area (Å²) in [7, 11) is 0. The Bertz CT molecular complexity index is 218. The van der Waals surface area contributed by atoms with Gasteiger partial charge in [0.15, 0.2) is 0 Å². The SMILES string of the molecule is C=CC(=O)N/C=C(\C)C(=O)O. The van der Waals surface area contributed by atoms with Crippen LogP contribution >= 0.6 is 0 Å². The van der Waals surface area contributed by atoms with Crippen molar-refractivity contribution in [3.05, 3.63) is 24.4 Å². The lowest BCUT2D eigenvalue weighted by molar-refractivity contribution is -0.132. The van der Waals surface area contributed by atoms with Gasteiger partial charge in [0.2, 0.25) is 5.91 Å². The van der Waals surface area contributed by atoms with Crippen molar-refractivity contribution in [2.24, 2.45) is 0 Å². The average molecular weight is 155 g/mol. The third-order valence-corrected chi connectivity index (χ3v) is 0.954. The van der Waals surface area contributed by atoms with Crippen LogP contribution in [0.5, 0.6) is 0 Å². The van der Waals surface area contributed by atoms with Gasteiger partial charge in [0, 0.05) is 11.8 Å². The van der Waals surface area contributed by atoms with Gasteiger partial charge in [-0.2, -0.15) is 0 Å². The average Bonchev–Trinajstić information content (AvgIpc) is 1.99. The number of amides is 1. The van der Waals surface area contributed by atoms with E-state index >= 15 is 0 Å². The standard InChI is InChI=1S/C7H9NO3/c1-3-6(9)8-4-5(2)7(10)11/h3-4H,1H2,2H3,(H,8,9)(H,10,11)/b5-4+. The molecule has 0 rings (SSSR count). The second kappa shape index (κ2) is 4.27. The molecule has 4 heteroatoms. The zero-order chi connectivity index (χ0) is 8.85. The Hall–Kier alpha value is -1.58. The van der Waals surface area contributed by atoms with E-state index in [0.29, 0.717) is 0 Å². The Morgan fingerprint density at radius 3 is 2.45 bits per heavy atom. The Kier molecular flexibility index (Phi) is 3.66. The molecule has 1 amide bonds. The fourth-order valence-corrected chi connectivity index (χ4v) is 0.300. The minimum absolute atomic E-state index is 0.0696. The summed E-state index contributed by atoms with van der Waals surface area (Å²) in [5, 5.41) is 10.5. The molecular weight excluding hydrogens is 146 g/mol. The van der Waals surface area contributed by atoms with E-state index in [2.05, 4.69) is 11.9 Å². The van der Waals surface area contributed by atoms with Crippen LogP contribution in [0.15, 0.2) is 24.4 Å². The van der Waals surface area contributed by atoms with Gasteiger partial charge in [0.05, 0.1) is 0 Å². The van der Waals surface area contributed by atoms with Crippen molar-refractivity contribution in [3.63, 3.8) is 0 Å². The number of carbonyl (C=O) groups excluding carboxylic acids is 1. The third-order valence-electron chi connectivity index (χ3n) is 0.954. The number of hydrogen-bond acceptors (Lipinski definition) is 2. The fraction of sp³-hybridized carbons (Fsp3) is 0.143. The van der Waals surface area contributed by atoms with Gasteiger partial charge in [-0.15, -0.1) is 0 Å². The van der Waals surface area contributed by atoms with E-state index in [0.717, 1.165) is 12.3 Å². The highest BCUT2D eigenvalue weighted by Gasteiger charge is 1.98. The van der Waals surface area contributed by atoms with Gasteiger partial charge in [-0.05, 0) is 13.0 Å². The number of carboxylic acids is 1. The minimum Gasteiger partial charge on any atom is -0.478 e. The van der Waals surface area contributed by atoms with Gasteiger partial charge in [0.25, 0.3) is 0 Å². The van der Waals surface area contributed by atoms with Crippen LogP contribution in [0.1, 0.15) is 6.92 Å². The lowest BCUT2D eigenvalue weighted by Gasteiger charge is -1.93. The van der Waals surface area contributed by atoms with Crippen LogP contribution in [0.25, 0.3) is 0 Å². The molecule has 0 spiro atoms. The first kappa shape index (κ1) is 9.42. The number of aliphatic carboxylic acids is 1. The van der Waals surface area contributed by atoms with Crippen molar-refractivity contribution in [2.75, 3.05) is 0 Å². The maximum Gasteiger partial charge on any atom is 0.332 e. The Labute approximate surface area is 64.2 Å². The normalized spacial score (nSPS) is 10.5. The first-order valence-corrected chi connectivity index (χ1v) is 2.91. The van der Waals surface area contributed by atoms with E-state index in [1.165, 1.54) is 6.92 Å². The molecule has 11 heavy (non-hydrogen) atoms. The van der Waals surface area contributed by atoms with E-state index in [-0.39, 0.29) is 5.57 Å². The van der Waals surface area contributed by atoms with Crippen LogP contribution in [-0.4, -0.2) is 17.0 Å².